The summed E-state index contributed by atoms with van der Waals surface area (Å²) in [6.07, 6.45) is -2.61. The first-order valence-corrected chi connectivity index (χ1v) is 13.7. The average Bonchev–Trinajstić information content (AvgIpc) is 3.53. The number of halogens is 2. The number of hydrogen-bond acceptors (Lipinski definition) is 10. The van der Waals surface area contributed by atoms with Gasteiger partial charge in [0.1, 0.15) is 29.9 Å². The third-order valence-electron chi connectivity index (χ3n) is 6.97. The zero-order valence-corrected chi connectivity index (χ0v) is 21.6. The minimum Gasteiger partial charge on any atom is -0.393 e. The van der Waals surface area contributed by atoms with Gasteiger partial charge in [0.05, 0.1) is 30.8 Å². The zero-order valence-electron chi connectivity index (χ0n) is 20.0. The molecule has 0 spiro atoms. The highest BCUT2D eigenvalue weighted by Crippen LogP contribution is 2.51. The van der Waals surface area contributed by atoms with Crippen LogP contribution in [0.4, 0.5) is 10.2 Å². The first-order valence-electron chi connectivity index (χ1n) is 11.7. The van der Waals surface area contributed by atoms with E-state index in [2.05, 4.69) is 20.4 Å². The summed E-state index contributed by atoms with van der Waals surface area (Å²) < 4.78 is 37.7. The van der Waals surface area contributed by atoms with Crippen molar-refractivity contribution in [1.29, 1.82) is 0 Å². The predicted octanol–water partition coefficient (Wildman–Crippen LogP) is 1.24. The molecule has 6 atom stereocenters. The van der Waals surface area contributed by atoms with Gasteiger partial charge in [-0.1, -0.05) is 6.07 Å². The number of benzene rings is 1. The van der Waals surface area contributed by atoms with Crippen molar-refractivity contribution >= 4 is 36.0 Å². The van der Waals surface area contributed by atoms with E-state index in [0.717, 1.165) is 24.5 Å². The number of fused-ring (bicyclic) bond motifs is 2. The Morgan fingerprint density at radius 3 is 2.79 bits per heavy atom. The Bertz CT molecular complexity index is 1410. The molecule has 13 nitrogen and oxygen atoms in total. The van der Waals surface area contributed by atoms with Crippen molar-refractivity contribution < 1.29 is 43.5 Å². The molecule has 2 aromatic heterocycles. The van der Waals surface area contributed by atoms with E-state index < -0.39 is 50.7 Å². The molecule has 5 rings (SSSR count). The van der Waals surface area contributed by atoms with Gasteiger partial charge in [-0.25, -0.2) is 9.07 Å². The van der Waals surface area contributed by atoms with E-state index in [4.69, 9.17) is 21.1 Å². The molecule has 38 heavy (non-hydrogen) atoms. The number of nitrogens with one attached hydrogen (secondary N) is 1. The highest BCUT2D eigenvalue weighted by Gasteiger charge is 2.48. The van der Waals surface area contributed by atoms with Gasteiger partial charge in [0, 0.05) is 0 Å². The Hall–Kier alpha value is -2.26. The Balaban J connectivity index is 1.39. The molecule has 2 aliphatic rings. The molecule has 1 aliphatic carbocycles. The van der Waals surface area contributed by atoms with Crippen LogP contribution < -0.4 is 5.32 Å². The molecule has 0 saturated carbocycles. The minimum absolute atomic E-state index is 0.132. The van der Waals surface area contributed by atoms with Crippen LogP contribution in [-0.2, 0) is 20.5 Å². The summed E-state index contributed by atoms with van der Waals surface area (Å²) in [6.45, 7) is -0.510. The van der Waals surface area contributed by atoms with Crippen LogP contribution in [0, 0.1) is 5.82 Å². The topological polar surface area (TPSA) is 192 Å². The fourth-order valence-electron chi connectivity index (χ4n) is 4.64. The van der Waals surface area contributed by atoms with Crippen LogP contribution in [0.15, 0.2) is 24.4 Å². The van der Waals surface area contributed by atoms with Crippen LogP contribution in [0.5, 0.6) is 0 Å². The van der Waals surface area contributed by atoms with Crippen LogP contribution in [0.3, 0.4) is 0 Å². The van der Waals surface area contributed by atoms with Gasteiger partial charge in [0.15, 0.2) is 17.2 Å². The van der Waals surface area contributed by atoms with Crippen molar-refractivity contribution in [2.24, 2.45) is 0 Å². The molecule has 1 saturated heterocycles. The van der Waals surface area contributed by atoms with Gasteiger partial charge in [-0.15, -0.1) is 0 Å². The third kappa shape index (κ3) is 4.81. The smallest absolute Gasteiger partial charge is 0.359 e. The number of hydrogen-bond donors (Lipinski definition) is 6. The molecule has 0 radical (unpaired) electrons. The second-order valence-corrected chi connectivity index (χ2v) is 11.9. The molecule has 1 unspecified atom stereocenters. The summed E-state index contributed by atoms with van der Waals surface area (Å²) in [5, 5.41) is 36.2. The molecule has 206 valence electrons. The van der Waals surface area contributed by atoms with Crippen molar-refractivity contribution in [3.05, 3.63) is 46.6 Å². The fraction of sp³-hybridized carbons (Fsp3) is 0.500. The van der Waals surface area contributed by atoms with Gasteiger partial charge in [-0.2, -0.15) is 15.1 Å². The first kappa shape index (κ1) is 27.3. The number of rotatable bonds is 8. The van der Waals surface area contributed by atoms with Gasteiger partial charge in [-0.05, 0) is 54.6 Å². The van der Waals surface area contributed by atoms with Gasteiger partial charge < -0.3 is 39.9 Å². The maximum atomic E-state index is 13.9. The molecular weight excluding hydrogens is 548 g/mol. The molecule has 1 fully saturated rings. The van der Waals surface area contributed by atoms with Gasteiger partial charge in [0.25, 0.3) is 0 Å². The first-order chi connectivity index (χ1) is 17.9. The van der Waals surface area contributed by atoms with E-state index in [9.17, 15) is 34.1 Å². The van der Waals surface area contributed by atoms with Crippen LogP contribution in [-0.4, -0.2) is 81.7 Å². The number of aryl methyl sites for hydroxylation is 1. The van der Waals surface area contributed by atoms with Crippen molar-refractivity contribution in [2.45, 2.75) is 55.7 Å². The van der Waals surface area contributed by atoms with E-state index in [-0.39, 0.29) is 22.8 Å². The Labute approximate surface area is 220 Å². The molecule has 0 amide bonds. The molecular formula is C22H26ClFN5O8P. The summed E-state index contributed by atoms with van der Waals surface area (Å²) >= 11 is 6.19. The van der Waals surface area contributed by atoms with Crippen molar-refractivity contribution in [1.82, 2.24) is 19.7 Å². The lowest BCUT2D eigenvalue weighted by Gasteiger charge is -2.29. The second-order valence-electron chi connectivity index (χ2n) is 9.48. The zero-order chi connectivity index (χ0) is 27.4. The average molecular weight is 574 g/mol. The number of nitrogens with zero attached hydrogens (tertiary/aromatic N) is 4. The van der Waals surface area contributed by atoms with E-state index in [1.54, 1.807) is 6.07 Å². The maximum Gasteiger partial charge on any atom is 0.359 e. The van der Waals surface area contributed by atoms with E-state index >= 15 is 0 Å². The van der Waals surface area contributed by atoms with E-state index in [0.29, 0.717) is 17.6 Å². The molecule has 3 heterocycles. The minimum atomic E-state index is -4.87. The lowest BCUT2D eigenvalue weighted by molar-refractivity contribution is -0.104. The normalized spacial score (nSPS) is 27.0. The number of ether oxygens (including phenoxy) is 2. The summed E-state index contributed by atoms with van der Waals surface area (Å²) in [7, 11) is -4.87. The second kappa shape index (κ2) is 10.0. The predicted molar refractivity (Wildman–Crippen MR) is 131 cm³/mol. The lowest BCUT2D eigenvalue weighted by Crippen LogP contribution is -2.39. The maximum absolute atomic E-state index is 13.9. The summed E-state index contributed by atoms with van der Waals surface area (Å²) in [6, 6.07) is 4.41. The molecule has 0 bridgehead atoms. The van der Waals surface area contributed by atoms with Crippen molar-refractivity contribution in [3.63, 3.8) is 0 Å². The largest absolute Gasteiger partial charge is 0.393 e. The lowest BCUT2D eigenvalue weighted by atomic mass is 10.1. The Kier molecular flexibility index (Phi) is 7.22. The number of anilines is 1. The quantitative estimate of drug-likeness (QED) is 0.167. The van der Waals surface area contributed by atoms with Crippen LogP contribution >= 0.6 is 19.2 Å². The van der Waals surface area contributed by atoms with E-state index in [1.807, 2.05) is 0 Å². The summed E-state index contributed by atoms with van der Waals surface area (Å²) in [5.41, 5.74) is 2.01. The van der Waals surface area contributed by atoms with Crippen LogP contribution in [0.2, 0.25) is 5.28 Å². The van der Waals surface area contributed by atoms with Gasteiger partial charge in [0.2, 0.25) is 5.28 Å². The van der Waals surface area contributed by atoms with Gasteiger partial charge >= 0.3 is 7.60 Å². The molecule has 1 aromatic carbocycles. The fourth-order valence-corrected chi connectivity index (χ4v) is 5.23. The van der Waals surface area contributed by atoms with Crippen LogP contribution in [0.25, 0.3) is 11.0 Å². The number of aromatic nitrogens is 4. The molecule has 16 heteroatoms. The summed E-state index contributed by atoms with van der Waals surface area (Å²) in [5.74, 6) is -0.0117. The third-order valence-corrected chi connectivity index (χ3v) is 8.64. The molecule has 1 aliphatic heterocycles. The SMILES string of the molecule is CC(CO)(OC[C@H]1O[C@@H](n2ncc3c(N[C@@H]4CCc5ccc(F)cc54)nc(Cl)nc32)[C@H](O)[C@@H]1O)P(=O)(O)O. The molecule has 3 aromatic rings. The highest BCUT2D eigenvalue weighted by atomic mass is 35.5. The van der Waals surface area contributed by atoms with Crippen molar-refractivity contribution in [3.8, 4) is 0 Å². The Morgan fingerprint density at radius 1 is 1.32 bits per heavy atom. The van der Waals surface area contributed by atoms with E-state index in [1.165, 1.54) is 23.0 Å². The molecule has 6 N–H and O–H groups in total. The summed E-state index contributed by atoms with van der Waals surface area (Å²) in [4.78, 5) is 27.4. The highest BCUT2D eigenvalue weighted by molar-refractivity contribution is 7.53. The Morgan fingerprint density at radius 2 is 2.08 bits per heavy atom. The van der Waals surface area contributed by atoms with Gasteiger partial charge in [-0.3, -0.25) is 4.57 Å². The standard InChI is InChI=1S/C22H26ClFN5O8P/c1-22(9-30,38(33,34)35)36-8-15-16(31)17(32)20(37-15)29-19-13(7-25-29)18(27-21(23)28-19)26-14-5-3-10-2-4-11(24)6-12(10)14/h2,4,6-7,14-17,20,30-32H,3,5,8-9H2,1H3,(H,26,27,28)(H2,33,34,35)/t14-,15-,16-,17-,20-,22?/m1/s1. The van der Waals surface area contributed by atoms with Crippen LogP contribution in [0.1, 0.15) is 36.7 Å². The monoisotopic (exact) mass is 573 g/mol. The van der Waals surface area contributed by atoms with Crippen molar-refractivity contribution in [2.75, 3.05) is 18.5 Å². The number of aliphatic hydroxyl groups excluding tert-OH is 3. The number of aliphatic hydroxyl groups is 3.